The molecule has 23 heteroatoms. The largest absolute Gasteiger partial charge is 0.460 e. The number of benzene rings is 2. The minimum Gasteiger partial charge on any atom is -0.460 e. The number of esters is 1. The number of nitrogens with one attached hydrogen (secondary N) is 4. The van der Waals surface area contributed by atoms with Gasteiger partial charge in [-0.15, -0.1) is 0 Å². The summed E-state index contributed by atoms with van der Waals surface area (Å²) in [6.45, 7) is 16.5. The Bertz CT molecular complexity index is 3050. The molecule has 2 aliphatic heterocycles. The zero-order valence-corrected chi connectivity index (χ0v) is 55.5. The molecule has 2 saturated heterocycles. The molecular formula is C70H93F2N9O12. The predicted molar refractivity (Wildman–Crippen MR) is 344 cm³/mol. The van der Waals surface area contributed by atoms with Gasteiger partial charge in [0.15, 0.2) is 11.6 Å². The molecule has 0 aliphatic carbocycles. The average Bonchev–Trinajstić information content (AvgIpc) is 1.80. The normalized spacial score (nSPS) is 16.4. The second-order valence-electron chi connectivity index (χ2n) is 26.3. The standard InChI is InChI=1S/C70H93F2N9O12/c1-44(45(2)67(90)92-69(4,5)6)63(86)77-55(65(88)80-36-18-22-57(80)49-38-51(42-73-40-49)61(84)47-26-30-53(71)31-27-47)20-14-16-34-75-59(82)24-12-11-13-25-60(83)76-35-17-15-21-56(78-64(87)46(3)79(10)68(91)93-70(7,8)9)66(89)81-37-19-23-58(81)50-39-52(43-74-41-50)62(85)48-28-32-54(72)33-29-48/h26-33,38-46,55-58H,11-25,34-37H2,1-10H3,(H,75,82)(H,76,83)(H,77,86)(H,78,87)/t44-,45?,46+,55+,56+,57+,58+/m1/s1. The number of unbranched alkanes of at least 4 members (excludes halogenated alkanes) is 4. The summed E-state index contributed by atoms with van der Waals surface area (Å²) in [7, 11) is 1.44. The van der Waals surface area contributed by atoms with Gasteiger partial charge in [-0.1, -0.05) is 20.3 Å². The predicted octanol–water partition coefficient (Wildman–Crippen LogP) is 9.61. The Morgan fingerprint density at radius 3 is 1.39 bits per heavy atom. The third-order valence-electron chi connectivity index (χ3n) is 16.7. The van der Waals surface area contributed by atoms with Crippen LogP contribution in [-0.4, -0.2) is 146 Å². The summed E-state index contributed by atoms with van der Waals surface area (Å²) in [6, 6.07) is 9.90. The Hall–Kier alpha value is -8.50. The third-order valence-corrected chi connectivity index (χ3v) is 16.7. The van der Waals surface area contributed by atoms with Crippen molar-refractivity contribution < 1.29 is 66.2 Å². The molecule has 2 aromatic heterocycles. The molecule has 6 rings (SSSR count). The molecule has 4 heterocycles. The summed E-state index contributed by atoms with van der Waals surface area (Å²) < 4.78 is 38.3. The van der Waals surface area contributed by atoms with Gasteiger partial charge in [-0.25, -0.2) is 13.6 Å². The highest BCUT2D eigenvalue weighted by Gasteiger charge is 2.39. The fourth-order valence-corrected chi connectivity index (χ4v) is 11.1. The molecular weight excluding hydrogens is 1200 g/mol. The van der Waals surface area contributed by atoms with Crippen molar-refractivity contribution >= 4 is 59.1 Å². The van der Waals surface area contributed by atoms with Crippen LogP contribution in [0.5, 0.6) is 0 Å². The van der Waals surface area contributed by atoms with Gasteiger partial charge in [-0.2, -0.15) is 0 Å². The monoisotopic (exact) mass is 1290 g/mol. The first-order valence-corrected chi connectivity index (χ1v) is 32.5. The van der Waals surface area contributed by atoms with Gasteiger partial charge in [0.25, 0.3) is 0 Å². The molecule has 504 valence electrons. The Labute approximate surface area is 544 Å². The topological polar surface area (TPSA) is 273 Å². The van der Waals surface area contributed by atoms with Crippen molar-refractivity contribution in [2.75, 3.05) is 33.2 Å². The summed E-state index contributed by atoms with van der Waals surface area (Å²) in [4.78, 5) is 148. The van der Waals surface area contributed by atoms with Crippen molar-refractivity contribution in [3.05, 3.63) is 130 Å². The summed E-state index contributed by atoms with van der Waals surface area (Å²) in [5.41, 5.74) is 0.815. The lowest BCUT2D eigenvalue weighted by Crippen LogP contribution is -2.54. The Kier molecular flexibility index (Phi) is 27.2. The highest BCUT2D eigenvalue weighted by molar-refractivity contribution is 6.09. The number of likely N-dealkylation sites (N-methyl/N-ethyl adjacent to an activating group) is 1. The molecule has 4 N–H and O–H groups in total. The lowest BCUT2D eigenvalue weighted by atomic mass is 9.94. The number of hydrogen-bond donors (Lipinski definition) is 4. The van der Waals surface area contributed by atoms with E-state index in [0.29, 0.717) is 108 Å². The highest BCUT2D eigenvalue weighted by Crippen LogP contribution is 2.35. The van der Waals surface area contributed by atoms with Crippen LogP contribution in [0, 0.1) is 23.5 Å². The molecule has 93 heavy (non-hydrogen) atoms. The van der Waals surface area contributed by atoms with Crippen LogP contribution in [0.15, 0.2) is 85.5 Å². The molecule has 7 amide bonds. The Balaban J connectivity index is 0.956. The van der Waals surface area contributed by atoms with Crippen LogP contribution < -0.4 is 21.3 Å². The van der Waals surface area contributed by atoms with Gasteiger partial charge >= 0.3 is 12.1 Å². The SMILES string of the molecule is CC(C(=O)OC(C)(C)C)[C@@H](C)C(=O)N[C@@H](CCCCNC(=O)CCCCCC(=O)NCCCC[C@H](NC(=O)[C@H](C)N(C)C(=O)OC(C)(C)C)C(=O)N1CCC[C@H]1c1cncc(C(=O)c2ccc(F)cc2)c1)C(=O)N1CCC[C@H]1c1cncc(C(=O)c2ccc(F)cc2)c1. The van der Waals surface area contributed by atoms with E-state index in [2.05, 4.69) is 31.2 Å². The molecule has 2 aromatic carbocycles. The lowest BCUT2D eigenvalue weighted by Gasteiger charge is -2.32. The summed E-state index contributed by atoms with van der Waals surface area (Å²) in [6.07, 6.45) is 12.3. The first-order valence-electron chi connectivity index (χ1n) is 32.5. The van der Waals surface area contributed by atoms with Gasteiger partial charge in [0, 0.05) is 99.0 Å². The number of carbonyl (C=O) groups is 10. The fraction of sp³-hybridized carbons (Fsp3) is 0.543. The first-order chi connectivity index (χ1) is 44.0. The maximum absolute atomic E-state index is 14.5. The summed E-state index contributed by atoms with van der Waals surface area (Å²) in [5, 5.41) is 11.7. The minimum absolute atomic E-state index is 0.169. The highest BCUT2D eigenvalue weighted by atomic mass is 19.1. The van der Waals surface area contributed by atoms with E-state index < -0.39 is 88.8 Å². The second-order valence-corrected chi connectivity index (χ2v) is 26.3. The maximum Gasteiger partial charge on any atom is 0.410 e. The van der Waals surface area contributed by atoms with Crippen LogP contribution >= 0.6 is 0 Å². The summed E-state index contributed by atoms with van der Waals surface area (Å²) >= 11 is 0. The minimum atomic E-state index is -1.00. The van der Waals surface area contributed by atoms with E-state index in [0.717, 1.165) is 4.90 Å². The van der Waals surface area contributed by atoms with E-state index in [4.69, 9.17) is 9.47 Å². The van der Waals surface area contributed by atoms with Crippen molar-refractivity contribution in [3.63, 3.8) is 0 Å². The molecule has 0 radical (unpaired) electrons. The number of nitrogens with zero attached hydrogens (tertiary/aromatic N) is 5. The molecule has 7 atom stereocenters. The van der Waals surface area contributed by atoms with Crippen molar-refractivity contribution in [1.29, 1.82) is 0 Å². The maximum atomic E-state index is 14.5. The quantitative estimate of drug-likeness (QED) is 0.0208. The smallest absolute Gasteiger partial charge is 0.410 e. The molecule has 2 aliphatic rings. The van der Waals surface area contributed by atoms with Crippen LogP contribution in [0.3, 0.4) is 0 Å². The second kappa shape index (κ2) is 34.4. The molecule has 1 unspecified atom stereocenters. The van der Waals surface area contributed by atoms with Gasteiger partial charge in [-0.05, 0) is 197 Å². The molecule has 0 saturated carbocycles. The number of amides is 7. The Morgan fingerprint density at radius 2 is 0.968 bits per heavy atom. The molecule has 0 spiro atoms. The number of ketones is 2. The van der Waals surface area contributed by atoms with Crippen molar-refractivity contribution in [2.45, 2.75) is 200 Å². The van der Waals surface area contributed by atoms with Crippen LogP contribution in [-0.2, 0) is 43.0 Å². The third kappa shape index (κ3) is 22.4. The van der Waals surface area contributed by atoms with E-state index in [-0.39, 0.29) is 83.1 Å². The van der Waals surface area contributed by atoms with Crippen LogP contribution in [0.4, 0.5) is 13.6 Å². The van der Waals surface area contributed by atoms with Crippen molar-refractivity contribution in [2.24, 2.45) is 11.8 Å². The number of ether oxygens (including phenoxy) is 2. The number of carbonyl (C=O) groups excluding carboxylic acids is 10. The number of hydrogen-bond acceptors (Lipinski definition) is 14. The van der Waals surface area contributed by atoms with Crippen molar-refractivity contribution in [3.8, 4) is 0 Å². The number of likely N-dealkylation sites (tertiary alicyclic amines) is 2. The van der Waals surface area contributed by atoms with E-state index >= 15 is 0 Å². The van der Waals surface area contributed by atoms with Crippen LogP contribution in [0.25, 0.3) is 0 Å². The average molecular weight is 1290 g/mol. The van der Waals surface area contributed by atoms with E-state index in [1.165, 1.54) is 74.9 Å². The van der Waals surface area contributed by atoms with Gasteiger partial charge in [-0.3, -0.25) is 58.0 Å². The van der Waals surface area contributed by atoms with Gasteiger partial charge in [0.05, 0.1) is 18.0 Å². The Morgan fingerprint density at radius 1 is 0.548 bits per heavy atom. The molecule has 2 fully saturated rings. The fourth-order valence-electron chi connectivity index (χ4n) is 11.1. The van der Waals surface area contributed by atoms with Crippen molar-refractivity contribution in [1.82, 2.24) is 45.9 Å². The molecule has 0 bridgehead atoms. The zero-order valence-electron chi connectivity index (χ0n) is 55.5. The number of pyridine rings is 2. The van der Waals surface area contributed by atoms with Gasteiger partial charge in [0.2, 0.25) is 35.4 Å². The van der Waals surface area contributed by atoms with E-state index in [9.17, 15) is 56.7 Å². The van der Waals surface area contributed by atoms with E-state index in [1.54, 1.807) is 89.7 Å². The first kappa shape index (κ1) is 73.6. The molecule has 21 nitrogen and oxygen atoms in total. The lowest BCUT2D eigenvalue weighted by molar-refractivity contribution is -0.162. The number of aromatic nitrogens is 2. The summed E-state index contributed by atoms with van der Waals surface area (Å²) in [5.74, 6) is -5.92. The number of halogens is 2. The molecule has 4 aromatic rings. The van der Waals surface area contributed by atoms with Crippen LogP contribution in [0.2, 0.25) is 0 Å². The zero-order chi connectivity index (χ0) is 68.2. The van der Waals surface area contributed by atoms with Crippen LogP contribution in [0.1, 0.15) is 214 Å². The number of rotatable bonds is 31. The van der Waals surface area contributed by atoms with E-state index in [1.807, 2.05) is 0 Å². The van der Waals surface area contributed by atoms with Gasteiger partial charge in [0.1, 0.15) is 41.0 Å². The van der Waals surface area contributed by atoms with Gasteiger partial charge < -0.3 is 40.5 Å².